The van der Waals surface area contributed by atoms with Crippen LogP contribution in [0, 0.1) is 0 Å². The maximum absolute atomic E-state index is 12.4. The molecule has 1 amide bonds. The van der Waals surface area contributed by atoms with E-state index in [-0.39, 0.29) is 11.9 Å². The standard InChI is InChI=1S/C20H23N3O3/c1-13(22-20(24)14-5-8-19(26-4)21-11-14)9-15-12-23(2)18-7-6-16(25-3)10-17(15)18/h5-8,10-13H,9H2,1-4H3,(H,22,24)/t13-/m0/s1. The molecule has 6 heteroatoms. The van der Waals surface area contributed by atoms with Crippen LogP contribution >= 0.6 is 0 Å². The van der Waals surface area contributed by atoms with Crippen molar-refractivity contribution >= 4 is 16.8 Å². The first kappa shape index (κ1) is 17.8. The van der Waals surface area contributed by atoms with Gasteiger partial charge in [0.25, 0.3) is 5.91 Å². The predicted octanol–water partition coefficient (Wildman–Crippen LogP) is 2.95. The topological polar surface area (TPSA) is 65.4 Å². The zero-order valence-corrected chi connectivity index (χ0v) is 15.4. The number of pyridine rings is 1. The van der Waals surface area contributed by atoms with Crippen molar-refractivity contribution in [3.8, 4) is 11.6 Å². The van der Waals surface area contributed by atoms with Gasteiger partial charge in [-0.15, -0.1) is 0 Å². The summed E-state index contributed by atoms with van der Waals surface area (Å²) in [5.74, 6) is 1.16. The van der Waals surface area contributed by atoms with E-state index in [1.54, 1.807) is 26.4 Å². The molecule has 0 fully saturated rings. The third-order valence-electron chi connectivity index (χ3n) is 4.39. The molecule has 0 unspecified atom stereocenters. The zero-order chi connectivity index (χ0) is 18.7. The third-order valence-corrected chi connectivity index (χ3v) is 4.39. The fourth-order valence-corrected chi connectivity index (χ4v) is 3.07. The summed E-state index contributed by atoms with van der Waals surface area (Å²) in [5, 5.41) is 4.16. The SMILES string of the molecule is COc1ccc2c(c1)c(C[C@H](C)NC(=O)c1ccc(OC)nc1)cn2C. The van der Waals surface area contributed by atoms with Gasteiger partial charge < -0.3 is 19.4 Å². The summed E-state index contributed by atoms with van der Waals surface area (Å²) in [6.07, 6.45) is 4.34. The van der Waals surface area contributed by atoms with Gasteiger partial charge in [-0.1, -0.05) is 0 Å². The highest BCUT2D eigenvalue weighted by molar-refractivity contribution is 5.94. The van der Waals surface area contributed by atoms with Gasteiger partial charge in [-0.05, 0) is 43.2 Å². The van der Waals surface area contributed by atoms with Crippen LogP contribution in [0.25, 0.3) is 10.9 Å². The Morgan fingerprint density at radius 2 is 2.04 bits per heavy atom. The average molecular weight is 353 g/mol. The highest BCUT2D eigenvalue weighted by Gasteiger charge is 2.14. The van der Waals surface area contributed by atoms with Gasteiger partial charge in [-0.3, -0.25) is 4.79 Å². The van der Waals surface area contributed by atoms with Gasteiger partial charge >= 0.3 is 0 Å². The van der Waals surface area contributed by atoms with Crippen LogP contribution in [0.5, 0.6) is 11.6 Å². The molecular formula is C20H23N3O3. The molecule has 1 N–H and O–H groups in total. The number of ether oxygens (including phenoxy) is 2. The van der Waals surface area contributed by atoms with E-state index in [2.05, 4.69) is 21.1 Å². The molecule has 2 aromatic heterocycles. The predicted molar refractivity (Wildman–Crippen MR) is 101 cm³/mol. The molecule has 2 heterocycles. The molecule has 0 aliphatic carbocycles. The minimum atomic E-state index is -0.148. The van der Waals surface area contributed by atoms with Crippen molar-refractivity contribution < 1.29 is 14.3 Å². The number of aromatic nitrogens is 2. The molecule has 0 aliphatic heterocycles. The average Bonchev–Trinajstić information content (AvgIpc) is 2.96. The summed E-state index contributed by atoms with van der Waals surface area (Å²) in [6, 6.07) is 9.39. The van der Waals surface area contributed by atoms with Crippen LogP contribution in [0.4, 0.5) is 0 Å². The van der Waals surface area contributed by atoms with E-state index < -0.39 is 0 Å². The van der Waals surface area contributed by atoms with Crippen molar-refractivity contribution in [1.29, 1.82) is 0 Å². The first-order valence-electron chi connectivity index (χ1n) is 8.44. The first-order chi connectivity index (χ1) is 12.5. The Hall–Kier alpha value is -3.02. The number of carbonyl (C=O) groups is 1. The molecule has 0 spiro atoms. The Kier molecular flexibility index (Phi) is 5.11. The summed E-state index contributed by atoms with van der Waals surface area (Å²) in [4.78, 5) is 16.5. The second-order valence-electron chi connectivity index (χ2n) is 6.32. The minimum Gasteiger partial charge on any atom is -0.497 e. The van der Waals surface area contributed by atoms with Crippen molar-refractivity contribution in [1.82, 2.24) is 14.9 Å². The summed E-state index contributed by atoms with van der Waals surface area (Å²) in [7, 11) is 5.23. The highest BCUT2D eigenvalue weighted by atomic mass is 16.5. The van der Waals surface area contributed by atoms with E-state index in [1.807, 2.05) is 32.2 Å². The van der Waals surface area contributed by atoms with Gasteiger partial charge in [0.15, 0.2) is 0 Å². The molecule has 0 saturated carbocycles. The fourth-order valence-electron chi connectivity index (χ4n) is 3.07. The molecule has 0 aliphatic rings. The highest BCUT2D eigenvalue weighted by Crippen LogP contribution is 2.26. The normalized spacial score (nSPS) is 12.0. The smallest absolute Gasteiger partial charge is 0.253 e. The van der Waals surface area contributed by atoms with Gasteiger partial charge in [0, 0.05) is 42.5 Å². The van der Waals surface area contributed by atoms with E-state index in [4.69, 9.17) is 9.47 Å². The van der Waals surface area contributed by atoms with Crippen LogP contribution in [-0.2, 0) is 13.5 Å². The van der Waals surface area contributed by atoms with Gasteiger partial charge in [-0.25, -0.2) is 4.98 Å². The minimum absolute atomic E-state index is 0.0265. The van der Waals surface area contributed by atoms with E-state index in [0.717, 1.165) is 23.1 Å². The van der Waals surface area contributed by atoms with Gasteiger partial charge in [-0.2, -0.15) is 0 Å². The van der Waals surface area contributed by atoms with Crippen molar-refractivity contribution in [3.63, 3.8) is 0 Å². The lowest BCUT2D eigenvalue weighted by atomic mass is 10.1. The van der Waals surface area contributed by atoms with Gasteiger partial charge in [0.2, 0.25) is 5.88 Å². The molecule has 1 aromatic carbocycles. The second-order valence-corrected chi connectivity index (χ2v) is 6.32. The Morgan fingerprint density at radius 1 is 1.23 bits per heavy atom. The number of benzene rings is 1. The number of aryl methyl sites for hydroxylation is 1. The molecule has 0 bridgehead atoms. The maximum Gasteiger partial charge on any atom is 0.253 e. The zero-order valence-electron chi connectivity index (χ0n) is 15.4. The molecule has 136 valence electrons. The fraction of sp³-hybridized carbons (Fsp3) is 0.300. The van der Waals surface area contributed by atoms with Crippen molar-refractivity contribution in [3.05, 3.63) is 53.9 Å². The molecule has 6 nitrogen and oxygen atoms in total. The van der Waals surface area contributed by atoms with Gasteiger partial charge in [0.05, 0.1) is 19.8 Å². The molecule has 26 heavy (non-hydrogen) atoms. The lowest BCUT2D eigenvalue weighted by Crippen LogP contribution is -2.34. The summed E-state index contributed by atoms with van der Waals surface area (Å²) in [6.45, 7) is 1.99. The second kappa shape index (κ2) is 7.47. The Labute approximate surface area is 152 Å². The first-order valence-corrected chi connectivity index (χ1v) is 8.44. The molecular weight excluding hydrogens is 330 g/mol. The number of nitrogens with zero attached hydrogens (tertiary/aromatic N) is 2. The van der Waals surface area contributed by atoms with Crippen LogP contribution in [0.1, 0.15) is 22.8 Å². The summed E-state index contributed by atoms with van der Waals surface area (Å²) in [5.41, 5.74) is 2.82. The number of carbonyl (C=O) groups excluding carboxylic acids is 1. The lowest BCUT2D eigenvalue weighted by Gasteiger charge is -2.13. The molecule has 1 atom stereocenters. The summed E-state index contributed by atoms with van der Waals surface area (Å²) < 4.78 is 12.4. The van der Waals surface area contributed by atoms with E-state index in [1.165, 1.54) is 11.8 Å². The van der Waals surface area contributed by atoms with Crippen molar-refractivity contribution in [2.45, 2.75) is 19.4 Å². The molecule has 0 radical (unpaired) electrons. The molecule has 0 saturated heterocycles. The Morgan fingerprint density at radius 3 is 2.69 bits per heavy atom. The number of hydrogen-bond donors (Lipinski definition) is 1. The van der Waals surface area contributed by atoms with Crippen LogP contribution in [0.2, 0.25) is 0 Å². The number of methoxy groups -OCH3 is 2. The lowest BCUT2D eigenvalue weighted by molar-refractivity contribution is 0.0939. The van der Waals surface area contributed by atoms with Crippen LogP contribution in [-0.4, -0.2) is 35.7 Å². The van der Waals surface area contributed by atoms with Crippen molar-refractivity contribution in [2.75, 3.05) is 14.2 Å². The van der Waals surface area contributed by atoms with E-state index in [9.17, 15) is 4.79 Å². The van der Waals surface area contributed by atoms with E-state index in [0.29, 0.717) is 11.4 Å². The van der Waals surface area contributed by atoms with Crippen LogP contribution in [0.3, 0.4) is 0 Å². The third kappa shape index (κ3) is 3.64. The van der Waals surface area contributed by atoms with Crippen LogP contribution in [0.15, 0.2) is 42.7 Å². The number of nitrogens with one attached hydrogen (secondary N) is 1. The Bertz CT molecular complexity index is 916. The summed E-state index contributed by atoms with van der Waals surface area (Å²) >= 11 is 0. The molecule has 3 aromatic rings. The number of fused-ring (bicyclic) bond motifs is 1. The number of hydrogen-bond acceptors (Lipinski definition) is 4. The van der Waals surface area contributed by atoms with Crippen molar-refractivity contribution in [2.24, 2.45) is 7.05 Å². The number of amides is 1. The largest absolute Gasteiger partial charge is 0.497 e. The van der Waals surface area contributed by atoms with E-state index >= 15 is 0 Å². The quantitative estimate of drug-likeness (QED) is 0.740. The van der Waals surface area contributed by atoms with Gasteiger partial charge in [0.1, 0.15) is 5.75 Å². The monoisotopic (exact) mass is 353 g/mol. The van der Waals surface area contributed by atoms with Crippen LogP contribution < -0.4 is 14.8 Å². The number of rotatable bonds is 6. The Balaban J connectivity index is 1.74. The molecule has 3 rings (SSSR count). The maximum atomic E-state index is 12.4.